The SMILES string of the molecule is COCC(C)C(O)Cc1cccc(C)c1. The lowest BCUT2D eigenvalue weighted by molar-refractivity contribution is 0.0575. The highest BCUT2D eigenvalue weighted by Crippen LogP contribution is 2.12. The van der Waals surface area contributed by atoms with Crippen LogP contribution in [0, 0.1) is 12.8 Å². The van der Waals surface area contributed by atoms with Crippen LogP contribution in [0.5, 0.6) is 0 Å². The minimum absolute atomic E-state index is 0.176. The van der Waals surface area contributed by atoms with Crippen molar-refractivity contribution in [2.75, 3.05) is 13.7 Å². The molecule has 15 heavy (non-hydrogen) atoms. The van der Waals surface area contributed by atoms with Crippen LogP contribution in [0.3, 0.4) is 0 Å². The highest BCUT2D eigenvalue weighted by atomic mass is 16.5. The molecule has 0 spiro atoms. The molecule has 0 radical (unpaired) electrons. The first-order valence-corrected chi connectivity index (χ1v) is 5.36. The normalized spacial score (nSPS) is 14.9. The Morgan fingerprint density at radius 1 is 1.40 bits per heavy atom. The fraction of sp³-hybridized carbons (Fsp3) is 0.538. The smallest absolute Gasteiger partial charge is 0.0628 e. The van der Waals surface area contributed by atoms with Crippen molar-refractivity contribution in [2.24, 2.45) is 5.92 Å². The predicted molar refractivity (Wildman–Crippen MR) is 61.9 cm³/mol. The van der Waals surface area contributed by atoms with E-state index < -0.39 is 0 Å². The number of ether oxygens (including phenoxy) is 1. The standard InChI is InChI=1S/C13H20O2/c1-10-5-4-6-12(7-10)8-13(14)11(2)9-15-3/h4-7,11,13-14H,8-9H2,1-3H3. The first-order valence-electron chi connectivity index (χ1n) is 5.36. The number of benzene rings is 1. The van der Waals surface area contributed by atoms with Crippen LogP contribution in [-0.4, -0.2) is 24.9 Å². The van der Waals surface area contributed by atoms with Gasteiger partial charge in [-0.3, -0.25) is 0 Å². The molecule has 0 saturated carbocycles. The number of aliphatic hydroxyl groups is 1. The van der Waals surface area contributed by atoms with Crippen molar-refractivity contribution >= 4 is 0 Å². The summed E-state index contributed by atoms with van der Waals surface area (Å²) >= 11 is 0. The van der Waals surface area contributed by atoms with E-state index in [-0.39, 0.29) is 12.0 Å². The fourth-order valence-corrected chi connectivity index (χ4v) is 1.66. The van der Waals surface area contributed by atoms with Crippen molar-refractivity contribution < 1.29 is 9.84 Å². The molecule has 0 fully saturated rings. The monoisotopic (exact) mass is 208 g/mol. The lowest BCUT2D eigenvalue weighted by Crippen LogP contribution is -2.24. The van der Waals surface area contributed by atoms with Crippen molar-refractivity contribution in [3.63, 3.8) is 0 Å². The number of methoxy groups -OCH3 is 1. The van der Waals surface area contributed by atoms with Crippen molar-refractivity contribution in [3.05, 3.63) is 35.4 Å². The summed E-state index contributed by atoms with van der Waals surface area (Å²) in [5.74, 6) is 0.176. The molecule has 0 aliphatic heterocycles. The molecular weight excluding hydrogens is 188 g/mol. The molecule has 1 aromatic carbocycles. The van der Waals surface area contributed by atoms with Crippen LogP contribution >= 0.6 is 0 Å². The van der Waals surface area contributed by atoms with Gasteiger partial charge < -0.3 is 9.84 Å². The Morgan fingerprint density at radius 2 is 2.13 bits per heavy atom. The molecule has 0 saturated heterocycles. The molecule has 0 amide bonds. The van der Waals surface area contributed by atoms with Gasteiger partial charge >= 0.3 is 0 Å². The molecule has 0 aliphatic carbocycles. The minimum Gasteiger partial charge on any atom is -0.392 e. The van der Waals surface area contributed by atoms with E-state index in [1.54, 1.807) is 7.11 Å². The molecule has 2 heteroatoms. The summed E-state index contributed by atoms with van der Waals surface area (Å²) in [6, 6.07) is 8.26. The number of aliphatic hydroxyl groups excluding tert-OH is 1. The summed E-state index contributed by atoms with van der Waals surface area (Å²) in [5, 5.41) is 9.91. The number of aryl methyl sites for hydroxylation is 1. The Kier molecular flexibility index (Phi) is 4.79. The average Bonchev–Trinajstić information content (AvgIpc) is 2.18. The lowest BCUT2D eigenvalue weighted by Gasteiger charge is -2.18. The minimum atomic E-state index is -0.327. The topological polar surface area (TPSA) is 29.5 Å². The Morgan fingerprint density at radius 3 is 2.73 bits per heavy atom. The van der Waals surface area contributed by atoms with Gasteiger partial charge in [-0.05, 0) is 18.9 Å². The number of hydrogen-bond donors (Lipinski definition) is 1. The van der Waals surface area contributed by atoms with Crippen molar-refractivity contribution in [2.45, 2.75) is 26.4 Å². The maximum Gasteiger partial charge on any atom is 0.0628 e. The van der Waals surface area contributed by atoms with E-state index in [2.05, 4.69) is 25.1 Å². The molecule has 2 nitrogen and oxygen atoms in total. The van der Waals surface area contributed by atoms with Gasteiger partial charge in [0.25, 0.3) is 0 Å². The van der Waals surface area contributed by atoms with Gasteiger partial charge in [0.2, 0.25) is 0 Å². The summed E-state index contributed by atoms with van der Waals surface area (Å²) in [7, 11) is 1.66. The Hall–Kier alpha value is -0.860. The molecule has 1 aromatic rings. The van der Waals surface area contributed by atoms with Gasteiger partial charge in [-0.15, -0.1) is 0 Å². The Labute approximate surface area is 91.9 Å². The first-order chi connectivity index (χ1) is 7.13. The molecule has 0 aromatic heterocycles. The second-order valence-corrected chi connectivity index (χ2v) is 4.19. The average molecular weight is 208 g/mol. The molecule has 1 N–H and O–H groups in total. The highest BCUT2D eigenvalue weighted by Gasteiger charge is 2.14. The van der Waals surface area contributed by atoms with Crippen LogP contribution in [0.15, 0.2) is 24.3 Å². The van der Waals surface area contributed by atoms with Crippen LogP contribution in [0.25, 0.3) is 0 Å². The van der Waals surface area contributed by atoms with E-state index in [0.717, 1.165) is 0 Å². The van der Waals surface area contributed by atoms with E-state index in [0.29, 0.717) is 13.0 Å². The highest BCUT2D eigenvalue weighted by molar-refractivity contribution is 5.22. The van der Waals surface area contributed by atoms with Crippen molar-refractivity contribution in [1.29, 1.82) is 0 Å². The molecule has 0 bridgehead atoms. The second kappa shape index (κ2) is 5.89. The van der Waals surface area contributed by atoms with Gasteiger partial charge in [0, 0.05) is 13.0 Å². The van der Waals surface area contributed by atoms with Crippen LogP contribution in [-0.2, 0) is 11.2 Å². The summed E-state index contributed by atoms with van der Waals surface area (Å²) < 4.78 is 5.03. The van der Waals surface area contributed by atoms with Gasteiger partial charge in [-0.25, -0.2) is 0 Å². The van der Waals surface area contributed by atoms with E-state index in [1.165, 1.54) is 11.1 Å². The molecule has 2 atom stereocenters. The lowest BCUT2D eigenvalue weighted by atomic mass is 9.97. The molecular formula is C13H20O2. The quantitative estimate of drug-likeness (QED) is 0.803. The van der Waals surface area contributed by atoms with Gasteiger partial charge in [-0.1, -0.05) is 36.8 Å². The summed E-state index contributed by atoms with van der Waals surface area (Å²) in [6.45, 7) is 4.67. The first kappa shape index (κ1) is 12.2. The number of hydrogen-bond acceptors (Lipinski definition) is 2. The molecule has 0 aliphatic rings. The Bertz CT molecular complexity index is 296. The summed E-state index contributed by atoms with van der Waals surface area (Å²) in [5.41, 5.74) is 2.42. The van der Waals surface area contributed by atoms with Gasteiger partial charge in [-0.2, -0.15) is 0 Å². The van der Waals surface area contributed by atoms with E-state index >= 15 is 0 Å². The van der Waals surface area contributed by atoms with Crippen LogP contribution < -0.4 is 0 Å². The second-order valence-electron chi connectivity index (χ2n) is 4.19. The maximum absolute atomic E-state index is 9.91. The largest absolute Gasteiger partial charge is 0.392 e. The van der Waals surface area contributed by atoms with Crippen LogP contribution in [0.2, 0.25) is 0 Å². The predicted octanol–water partition coefficient (Wildman–Crippen LogP) is 2.18. The van der Waals surface area contributed by atoms with Crippen LogP contribution in [0.4, 0.5) is 0 Å². The third-order valence-electron chi connectivity index (χ3n) is 2.61. The van der Waals surface area contributed by atoms with Gasteiger partial charge in [0.1, 0.15) is 0 Å². The zero-order valence-corrected chi connectivity index (χ0v) is 9.73. The summed E-state index contributed by atoms with van der Waals surface area (Å²) in [6.07, 6.45) is 0.374. The molecule has 0 heterocycles. The van der Waals surface area contributed by atoms with Crippen molar-refractivity contribution in [3.8, 4) is 0 Å². The third-order valence-corrected chi connectivity index (χ3v) is 2.61. The molecule has 84 valence electrons. The van der Waals surface area contributed by atoms with E-state index in [1.807, 2.05) is 13.0 Å². The molecule has 2 unspecified atom stereocenters. The van der Waals surface area contributed by atoms with Gasteiger partial charge in [0.15, 0.2) is 0 Å². The maximum atomic E-state index is 9.91. The third kappa shape index (κ3) is 4.02. The Balaban J connectivity index is 2.54. The van der Waals surface area contributed by atoms with Crippen LogP contribution in [0.1, 0.15) is 18.1 Å². The summed E-state index contributed by atoms with van der Waals surface area (Å²) in [4.78, 5) is 0. The van der Waals surface area contributed by atoms with E-state index in [9.17, 15) is 5.11 Å². The van der Waals surface area contributed by atoms with E-state index in [4.69, 9.17) is 4.74 Å². The zero-order chi connectivity index (χ0) is 11.3. The number of rotatable bonds is 5. The zero-order valence-electron chi connectivity index (χ0n) is 9.73. The van der Waals surface area contributed by atoms with Crippen molar-refractivity contribution in [1.82, 2.24) is 0 Å². The fourth-order valence-electron chi connectivity index (χ4n) is 1.66. The molecule has 1 rings (SSSR count). The van der Waals surface area contributed by atoms with Gasteiger partial charge in [0.05, 0.1) is 12.7 Å².